The van der Waals surface area contributed by atoms with Crippen molar-refractivity contribution in [3.63, 3.8) is 0 Å². The molecule has 0 aliphatic heterocycles. The Kier molecular flexibility index (Phi) is 5.79. The first-order valence-electron chi connectivity index (χ1n) is 6.18. The van der Waals surface area contributed by atoms with Crippen molar-refractivity contribution in [1.29, 1.82) is 0 Å². The fraction of sp³-hybridized carbons (Fsp3) is 0.500. The molecule has 0 unspecified atom stereocenters. The van der Waals surface area contributed by atoms with E-state index >= 15 is 0 Å². The Bertz CT molecular complexity index is 402. The smallest absolute Gasteiger partial charge is 0.258 e. The molecule has 5 heteroatoms. The average Bonchev–Trinajstić information content (AvgIpc) is 2.36. The van der Waals surface area contributed by atoms with Gasteiger partial charge in [0.15, 0.2) is 6.61 Å². The summed E-state index contributed by atoms with van der Waals surface area (Å²) < 4.78 is 10.4. The molecule has 0 radical (unpaired) electrons. The van der Waals surface area contributed by atoms with E-state index in [9.17, 15) is 4.79 Å². The molecule has 1 rings (SSSR count). The van der Waals surface area contributed by atoms with Crippen LogP contribution in [0.2, 0.25) is 0 Å². The van der Waals surface area contributed by atoms with E-state index in [0.29, 0.717) is 18.9 Å². The third-order valence-electron chi connectivity index (χ3n) is 2.51. The maximum Gasteiger partial charge on any atom is 0.258 e. The summed E-state index contributed by atoms with van der Waals surface area (Å²) >= 11 is 0. The van der Waals surface area contributed by atoms with Crippen molar-refractivity contribution < 1.29 is 14.3 Å². The van der Waals surface area contributed by atoms with Crippen molar-refractivity contribution in [1.82, 2.24) is 5.32 Å². The Morgan fingerprint density at radius 2 is 1.95 bits per heavy atom. The SMILES string of the molecule is COCC(C)(C)NC(=O)COc1ccc(CN)cc1. The highest BCUT2D eigenvalue weighted by Crippen LogP contribution is 2.11. The number of ether oxygens (including phenoxy) is 2. The van der Waals surface area contributed by atoms with Crippen LogP contribution in [0.15, 0.2) is 24.3 Å². The third-order valence-corrected chi connectivity index (χ3v) is 2.51. The lowest BCUT2D eigenvalue weighted by atomic mass is 10.1. The molecule has 19 heavy (non-hydrogen) atoms. The molecule has 5 nitrogen and oxygen atoms in total. The van der Waals surface area contributed by atoms with Gasteiger partial charge in [0.2, 0.25) is 0 Å². The second-order valence-corrected chi connectivity index (χ2v) is 5.00. The number of rotatable bonds is 7. The van der Waals surface area contributed by atoms with Gasteiger partial charge >= 0.3 is 0 Å². The minimum absolute atomic E-state index is 0.0187. The number of carbonyl (C=O) groups excluding carboxylic acids is 1. The van der Waals surface area contributed by atoms with Gasteiger partial charge in [0.25, 0.3) is 5.91 Å². The van der Waals surface area contributed by atoms with Gasteiger partial charge in [-0.1, -0.05) is 12.1 Å². The van der Waals surface area contributed by atoms with Crippen LogP contribution in [0, 0.1) is 0 Å². The van der Waals surface area contributed by atoms with E-state index in [2.05, 4.69) is 5.32 Å². The first-order chi connectivity index (χ1) is 8.96. The van der Waals surface area contributed by atoms with Crippen LogP contribution in [-0.4, -0.2) is 31.8 Å². The molecule has 1 aromatic rings. The largest absolute Gasteiger partial charge is 0.484 e. The van der Waals surface area contributed by atoms with Gasteiger partial charge in [-0.2, -0.15) is 0 Å². The standard InChI is InChI=1S/C14H22N2O3/c1-14(2,10-18-3)16-13(17)9-19-12-6-4-11(8-15)5-7-12/h4-7H,8-10,15H2,1-3H3,(H,16,17). The molecular weight excluding hydrogens is 244 g/mol. The third kappa shape index (κ3) is 5.72. The van der Waals surface area contributed by atoms with E-state index in [4.69, 9.17) is 15.2 Å². The van der Waals surface area contributed by atoms with Gasteiger partial charge in [0.1, 0.15) is 5.75 Å². The fourth-order valence-electron chi connectivity index (χ4n) is 1.68. The average molecular weight is 266 g/mol. The molecule has 1 aromatic carbocycles. The Morgan fingerprint density at radius 1 is 1.32 bits per heavy atom. The van der Waals surface area contributed by atoms with Crippen molar-refractivity contribution in [2.45, 2.75) is 25.9 Å². The zero-order valence-electron chi connectivity index (χ0n) is 11.7. The van der Waals surface area contributed by atoms with E-state index in [1.54, 1.807) is 19.2 Å². The normalized spacial score (nSPS) is 11.2. The maximum absolute atomic E-state index is 11.7. The van der Waals surface area contributed by atoms with Crippen LogP contribution in [0.4, 0.5) is 0 Å². The Hall–Kier alpha value is -1.59. The van der Waals surface area contributed by atoms with Gasteiger partial charge in [0.05, 0.1) is 12.1 Å². The number of hydrogen-bond acceptors (Lipinski definition) is 4. The van der Waals surface area contributed by atoms with Crippen LogP contribution in [0.25, 0.3) is 0 Å². The number of methoxy groups -OCH3 is 1. The number of carbonyl (C=O) groups is 1. The molecule has 1 amide bonds. The number of amides is 1. The Balaban J connectivity index is 2.41. The fourth-order valence-corrected chi connectivity index (χ4v) is 1.68. The molecule has 0 saturated heterocycles. The maximum atomic E-state index is 11.7. The monoisotopic (exact) mass is 266 g/mol. The summed E-state index contributed by atoms with van der Waals surface area (Å²) in [4.78, 5) is 11.7. The van der Waals surface area contributed by atoms with Crippen LogP contribution in [0.3, 0.4) is 0 Å². The molecule has 0 saturated carbocycles. The highest BCUT2D eigenvalue weighted by atomic mass is 16.5. The van der Waals surface area contributed by atoms with Gasteiger partial charge in [-0.15, -0.1) is 0 Å². The summed E-state index contributed by atoms with van der Waals surface area (Å²) in [6, 6.07) is 7.36. The lowest BCUT2D eigenvalue weighted by molar-refractivity contribution is -0.125. The zero-order chi connectivity index (χ0) is 14.3. The molecule has 0 fully saturated rings. The summed E-state index contributed by atoms with van der Waals surface area (Å²) in [5, 5.41) is 2.84. The lowest BCUT2D eigenvalue weighted by Crippen LogP contribution is -2.48. The van der Waals surface area contributed by atoms with Gasteiger partial charge in [0, 0.05) is 13.7 Å². The van der Waals surface area contributed by atoms with E-state index in [-0.39, 0.29) is 12.5 Å². The van der Waals surface area contributed by atoms with Crippen molar-refractivity contribution in [3.8, 4) is 5.75 Å². The zero-order valence-corrected chi connectivity index (χ0v) is 11.7. The molecular formula is C14H22N2O3. The minimum Gasteiger partial charge on any atom is -0.484 e. The van der Waals surface area contributed by atoms with Crippen LogP contribution < -0.4 is 15.8 Å². The number of nitrogens with two attached hydrogens (primary N) is 1. The van der Waals surface area contributed by atoms with E-state index < -0.39 is 5.54 Å². The van der Waals surface area contributed by atoms with Crippen molar-refractivity contribution in [2.75, 3.05) is 20.3 Å². The van der Waals surface area contributed by atoms with Crippen LogP contribution in [0.5, 0.6) is 5.75 Å². The predicted octanol–water partition coefficient (Wildman–Crippen LogP) is 1.07. The highest BCUT2D eigenvalue weighted by Gasteiger charge is 2.20. The van der Waals surface area contributed by atoms with E-state index in [0.717, 1.165) is 5.56 Å². The van der Waals surface area contributed by atoms with Crippen molar-refractivity contribution in [2.24, 2.45) is 5.73 Å². The van der Waals surface area contributed by atoms with Crippen molar-refractivity contribution in [3.05, 3.63) is 29.8 Å². The molecule has 0 spiro atoms. The molecule has 0 bridgehead atoms. The first kappa shape index (κ1) is 15.5. The summed E-state index contributed by atoms with van der Waals surface area (Å²) in [5.41, 5.74) is 6.12. The van der Waals surface area contributed by atoms with Crippen molar-refractivity contribution >= 4 is 5.91 Å². The lowest BCUT2D eigenvalue weighted by Gasteiger charge is -2.25. The second kappa shape index (κ2) is 7.11. The number of hydrogen-bond donors (Lipinski definition) is 2. The predicted molar refractivity (Wildman–Crippen MR) is 73.9 cm³/mol. The molecule has 0 aliphatic carbocycles. The topological polar surface area (TPSA) is 73.6 Å². The van der Waals surface area contributed by atoms with E-state index in [1.165, 1.54) is 0 Å². The summed E-state index contributed by atoms with van der Waals surface area (Å²) in [6.45, 7) is 4.71. The molecule has 0 heterocycles. The van der Waals surface area contributed by atoms with Gasteiger partial charge in [-0.25, -0.2) is 0 Å². The highest BCUT2D eigenvalue weighted by molar-refractivity contribution is 5.78. The number of benzene rings is 1. The summed E-state index contributed by atoms with van der Waals surface area (Å²) in [5.74, 6) is 0.474. The Morgan fingerprint density at radius 3 is 2.47 bits per heavy atom. The Labute approximate surface area is 114 Å². The van der Waals surface area contributed by atoms with Gasteiger partial charge in [-0.3, -0.25) is 4.79 Å². The molecule has 3 N–H and O–H groups in total. The van der Waals surface area contributed by atoms with Gasteiger partial charge in [-0.05, 0) is 31.5 Å². The van der Waals surface area contributed by atoms with E-state index in [1.807, 2.05) is 26.0 Å². The van der Waals surface area contributed by atoms with Crippen LogP contribution >= 0.6 is 0 Å². The molecule has 0 aliphatic rings. The molecule has 0 aromatic heterocycles. The van der Waals surface area contributed by atoms with Crippen LogP contribution in [-0.2, 0) is 16.1 Å². The molecule has 0 atom stereocenters. The second-order valence-electron chi connectivity index (χ2n) is 5.00. The molecule has 106 valence electrons. The van der Waals surface area contributed by atoms with Crippen LogP contribution in [0.1, 0.15) is 19.4 Å². The minimum atomic E-state index is -0.404. The summed E-state index contributed by atoms with van der Waals surface area (Å²) in [6.07, 6.45) is 0. The first-order valence-corrected chi connectivity index (χ1v) is 6.18. The number of nitrogens with one attached hydrogen (secondary N) is 1. The summed E-state index contributed by atoms with van der Waals surface area (Å²) in [7, 11) is 1.60. The quantitative estimate of drug-likeness (QED) is 0.774. The van der Waals surface area contributed by atoms with Gasteiger partial charge < -0.3 is 20.5 Å².